The van der Waals surface area contributed by atoms with Gasteiger partial charge in [-0.05, 0) is 55.8 Å². The first kappa shape index (κ1) is 17.8. The molecule has 7 nitrogen and oxygen atoms in total. The topological polar surface area (TPSA) is 90.5 Å². The van der Waals surface area contributed by atoms with Gasteiger partial charge in [0.25, 0.3) is 5.91 Å². The van der Waals surface area contributed by atoms with Crippen LogP contribution in [-0.4, -0.2) is 46.8 Å². The van der Waals surface area contributed by atoms with Crippen molar-refractivity contribution in [3.8, 4) is 0 Å². The Bertz CT molecular complexity index is 842. The number of hydrogen-bond donors (Lipinski definition) is 3. The van der Waals surface area contributed by atoms with Crippen LogP contribution in [0.5, 0.6) is 0 Å². The number of benzene rings is 1. The zero-order chi connectivity index (χ0) is 19.3. The summed E-state index contributed by atoms with van der Waals surface area (Å²) in [5.74, 6) is -0.727. The quantitative estimate of drug-likeness (QED) is 0.671. The first-order valence-electron chi connectivity index (χ1n) is 10.3. The summed E-state index contributed by atoms with van der Waals surface area (Å²) in [6.45, 7) is 2.25. The third-order valence-corrected chi connectivity index (χ3v) is 6.98. The minimum Gasteiger partial charge on any atom is -0.322 e. The first-order chi connectivity index (χ1) is 13.6. The number of carbonyl (C=O) groups is 3. The Morgan fingerprint density at radius 2 is 2.07 bits per heavy atom. The van der Waals surface area contributed by atoms with E-state index in [-0.39, 0.29) is 29.7 Å². The molecule has 3 fully saturated rings. The molecule has 148 valence electrons. The molecule has 0 aromatic heterocycles. The lowest BCUT2D eigenvalue weighted by Crippen LogP contribution is -2.52. The molecule has 1 saturated carbocycles. The van der Waals surface area contributed by atoms with Crippen LogP contribution < -0.4 is 16.0 Å². The molecule has 0 spiro atoms. The van der Waals surface area contributed by atoms with Crippen molar-refractivity contribution in [3.05, 3.63) is 34.9 Å². The Kier molecular flexibility index (Phi) is 4.25. The largest absolute Gasteiger partial charge is 0.322 e. The lowest BCUT2D eigenvalue weighted by atomic mass is 9.92. The molecule has 1 aliphatic carbocycles. The Morgan fingerprint density at radius 3 is 2.93 bits per heavy atom. The number of fused-ring (bicyclic) bond motifs is 2. The molecular formula is C21H26N4O3. The van der Waals surface area contributed by atoms with E-state index in [1.54, 1.807) is 4.90 Å². The lowest BCUT2D eigenvalue weighted by molar-refractivity contribution is -0.136. The highest BCUT2D eigenvalue weighted by molar-refractivity contribution is 6.05. The molecule has 1 aromatic carbocycles. The van der Waals surface area contributed by atoms with E-state index in [0.717, 1.165) is 30.6 Å². The van der Waals surface area contributed by atoms with Crippen molar-refractivity contribution in [2.24, 2.45) is 0 Å². The molecule has 1 unspecified atom stereocenters. The zero-order valence-electron chi connectivity index (χ0n) is 15.9. The normalized spacial score (nSPS) is 31.9. The average Bonchev–Trinajstić information content (AvgIpc) is 3.33. The Balaban J connectivity index is 1.30. The van der Waals surface area contributed by atoms with Crippen LogP contribution in [0.4, 0.5) is 0 Å². The van der Waals surface area contributed by atoms with E-state index < -0.39 is 6.04 Å². The van der Waals surface area contributed by atoms with Gasteiger partial charge in [-0.15, -0.1) is 0 Å². The molecule has 4 aliphatic rings. The minimum atomic E-state index is -0.554. The smallest absolute Gasteiger partial charge is 0.255 e. The van der Waals surface area contributed by atoms with Gasteiger partial charge in [0.2, 0.25) is 11.8 Å². The minimum absolute atomic E-state index is 0.106. The molecule has 2 saturated heterocycles. The van der Waals surface area contributed by atoms with Gasteiger partial charge in [-0.3, -0.25) is 19.7 Å². The number of imide groups is 1. The third kappa shape index (κ3) is 2.84. The Morgan fingerprint density at radius 1 is 1.18 bits per heavy atom. The maximum atomic E-state index is 12.9. The maximum Gasteiger partial charge on any atom is 0.255 e. The fourth-order valence-corrected chi connectivity index (χ4v) is 5.43. The summed E-state index contributed by atoms with van der Waals surface area (Å²) in [5.41, 5.74) is 2.94. The standard InChI is InChI=1S/C21H26N4O3/c26-18-6-5-16(19(27)24-18)25-12-14-4-3-13(10-15(14)20(25)28)11-23-21-7-1-2-17(21)22-9-8-21/h3-4,10,16-17,22-23H,1-2,5-9,11-12H2,(H,24,26,27)/t16?,17-,21+/m1/s1. The number of nitrogens with one attached hydrogen (secondary N) is 3. The second-order valence-corrected chi connectivity index (χ2v) is 8.55. The summed E-state index contributed by atoms with van der Waals surface area (Å²) in [5, 5.41) is 9.73. The molecule has 0 radical (unpaired) electrons. The van der Waals surface area contributed by atoms with Crippen LogP contribution in [0.1, 0.15) is 60.0 Å². The number of nitrogens with zero attached hydrogens (tertiary/aromatic N) is 1. The first-order valence-corrected chi connectivity index (χ1v) is 10.3. The van der Waals surface area contributed by atoms with Crippen LogP contribution in [0, 0.1) is 0 Å². The van der Waals surface area contributed by atoms with Gasteiger partial charge in [-0.25, -0.2) is 0 Å². The highest BCUT2D eigenvalue weighted by Crippen LogP contribution is 2.37. The predicted molar refractivity (Wildman–Crippen MR) is 102 cm³/mol. The summed E-state index contributed by atoms with van der Waals surface area (Å²) in [4.78, 5) is 38.1. The molecule has 3 aliphatic heterocycles. The molecule has 28 heavy (non-hydrogen) atoms. The van der Waals surface area contributed by atoms with E-state index >= 15 is 0 Å². The molecule has 0 bridgehead atoms. The molecule has 3 amide bonds. The van der Waals surface area contributed by atoms with Gasteiger partial charge in [0.05, 0.1) is 0 Å². The molecular weight excluding hydrogens is 356 g/mol. The van der Waals surface area contributed by atoms with Gasteiger partial charge < -0.3 is 15.5 Å². The number of hydrogen-bond acceptors (Lipinski definition) is 5. The van der Waals surface area contributed by atoms with Crippen molar-refractivity contribution in [2.75, 3.05) is 6.54 Å². The molecule has 5 rings (SSSR count). The van der Waals surface area contributed by atoms with Gasteiger partial charge in [-0.1, -0.05) is 12.1 Å². The second-order valence-electron chi connectivity index (χ2n) is 8.55. The number of rotatable bonds is 4. The van der Waals surface area contributed by atoms with Crippen molar-refractivity contribution in [3.63, 3.8) is 0 Å². The van der Waals surface area contributed by atoms with E-state index in [1.165, 1.54) is 19.3 Å². The summed E-state index contributed by atoms with van der Waals surface area (Å²) in [7, 11) is 0. The van der Waals surface area contributed by atoms with E-state index in [0.29, 0.717) is 24.6 Å². The van der Waals surface area contributed by atoms with E-state index in [4.69, 9.17) is 0 Å². The molecule has 1 aromatic rings. The van der Waals surface area contributed by atoms with Crippen molar-refractivity contribution >= 4 is 17.7 Å². The van der Waals surface area contributed by atoms with Gasteiger partial charge in [0.1, 0.15) is 6.04 Å². The van der Waals surface area contributed by atoms with Crippen molar-refractivity contribution < 1.29 is 14.4 Å². The highest BCUT2D eigenvalue weighted by Gasteiger charge is 2.45. The van der Waals surface area contributed by atoms with Crippen molar-refractivity contribution in [1.82, 2.24) is 20.9 Å². The number of carbonyl (C=O) groups excluding carboxylic acids is 3. The van der Waals surface area contributed by atoms with Crippen LogP contribution >= 0.6 is 0 Å². The average molecular weight is 382 g/mol. The Hall–Kier alpha value is -2.25. The molecule has 3 heterocycles. The van der Waals surface area contributed by atoms with E-state index in [2.05, 4.69) is 22.0 Å². The SMILES string of the molecule is O=C1CCC(N2Cc3ccc(CN[C@]45CCC[C@H]4NCC5)cc3C2=O)C(=O)N1. The lowest BCUT2D eigenvalue weighted by Gasteiger charge is -2.30. The van der Waals surface area contributed by atoms with E-state index in [9.17, 15) is 14.4 Å². The summed E-state index contributed by atoms with van der Waals surface area (Å²) in [6, 6.07) is 6.07. The number of amides is 3. The fourth-order valence-electron chi connectivity index (χ4n) is 5.43. The van der Waals surface area contributed by atoms with Crippen LogP contribution in [-0.2, 0) is 22.7 Å². The third-order valence-electron chi connectivity index (χ3n) is 6.98. The molecule has 3 atom stereocenters. The summed E-state index contributed by atoms with van der Waals surface area (Å²) < 4.78 is 0. The van der Waals surface area contributed by atoms with Crippen LogP contribution in [0.25, 0.3) is 0 Å². The van der Waals surface area contributed by atoms with Gasteiger partial charge >= 0.3 is 0 Å². The Labute approximate surface area is 164 Å². The van der Waals surface area contributed by atoms with Crippen molar-refractivity contribution in [1.29, 1.82) is 0 Å². The monoisotopic (exact) mass is 382 g/mol. The van der Waals surface area contributed by atoms with Gasteiger partial charge in [0, 0.05) is 36.7 Å². The molecule has 7 heteroatoms. The van der Waals surface area contributed by atoms with Crippen LogP contribution in [0.15, 0.2) is 18.2 Å². The maximum absolute atomic E-state index is 12.9. The van der Waals surface area contributed by atoms with Gasteiger partial charge in [-0.2, -0.15) is 0 Å². The summed E-state index contributed by atoms with van der Waals surface area (Å²) in [6.07, 6.45) is 5.53. The second kappa shape index (κ2) is 6.67. The zero-order valence-corrected chi connectivity index (χ0v) is 15.9. The number of piperidine rings is 1. The highest BCUT2D eigenvalue weighted by atomic mass is 16.2. The fraction of sp³-hybridized carbons (Fsp3) is 0.571. The molecule has 3 N–H and O–H groups in total. The van der Waals surface area contributed by atoms with Crippen LogP contribution in [0.2, 0.25) is 0 Å². The predicted octanol–water partition coefficient (Wildman–Crippen LogP) is 0.822. The van der Waals surface area contributed by atoms with Crippen molar-refractivity contribution in [2.45, 2.75) is 69.2 Å². The van der Waals surface area contributed by atoms with E-state index in [1.807, 2.05) is 12.1 Å². The summed E-state index contributed by atoms with van der Waals surface area (Å²) >= 11 is 0. The van der Waals surface area contributed by atoms with Crippen LogP contribution in [0.3, 0.4) is 0 Å². The van der Waals surface area contributed by atoms with Gasteiger partial charge in [0.15, 0.2) is 0 Å².